The second-order valence-electron chi connectivity index (χ2n) is 6.36. The highest BCUT2D eigenvalue weighted by Gasteiger charge is 2.29. The number of halogens is 1. The number of piperazine rings is 1. The van der Waals surface area contributed by atoms with Gasteiger partial charge in [-0.1, -0.05) is 23.7 Å². The van der Waals surface area contributed by atoms with Crippen LogP contribution in [0.2, 0.25) is 5.02 Å². The molecule has 3 heterocycles. The second kappa shape index (κ2) is 7.83. The summed E-state index contributed by atoms with van der Waals surface area (Å²) in [6, 6.07) is 14.4. The minimum atomic E-state index is -3.52. The van der Waals surface area contributed by atoms with E-state index in [-0.39, 0.29) is 4.90 Å². The van der Waals surface area contributed by atoms with Crippen molar-refractivity contribution in [3.05, 3.63) is 65.9 Å². The predicted octanol–water partition coefficient (Wildman–Crippen LogP) is 2.70. The first-order valence-electron chi connectivity index (χ1n) is 8.79. The van der Waals surface area contributed by atoms with Crippen molar-refractivity contribution >= 4 is 27.4 Å². The molecule has 0 saturated carbocycles. The van der Waals surface area contributed by atoms with Crippen molar-refractivity contribution in [1.82, 2.24) is 19.5 Å². The third kappa shape index (κ3) is 3.84. The highest BCUT2D eigenvalue weighted by atomic mass is 35.5. The minimum absolute atomic E-state index is 0.218. The standard InChI is InChI=1S/C19H18ClN5O2S/c20-16-5-3-15(4-6-16)18-7-8-19(23-22-18)24-10-12-25(13-11-24)28(26,27)17-2-1-9-21-14-17/h1-9,14H,10-13H2. The average molecular weight is 416 g/mol. The average Bonchev–Trinajstić information content (AvgIpc) is 2.75. The Kier molecular flexibility index (Phi) is 5.25. The number of aromatic nitrogens is 3. The smallest absolute Gasteiger partial charge is 0.244 e. The van der Waals surface area contributed by atoms with Gasteiger partial charge in [0.05, 0.1) is 5.69 Å². The lowest BCUT2D eigenvalue weighted by Gasteiger charge is -2.34. The summed E-state index contributed by atoms with van der Waals surface area (Å²) < 4.78 is 26.9. The molecule has 144 valence electrons. The lowest BCUT2D eigenvalue weighted by Crippen LogP contribution is -2.49. The van der Waals surface area contributed by atoms with Gasteiger partial charge < -0.3 is 4.90 Å². The summed E-state index contributed by atoms with van der Waals surface area (Å²) in [5.74, 6) is 0.733. The molecule has 1 aliphatic rings. The molecule has 0 atom stereocenters. The van der Waals surface area contributed by atoms with Crippen molar-refractivity contribution in [3.8, 4) is 11.3 Å². The summed E-state index contributed by atoms with van der Waals surface area (Å²) in [5, 5.41) is 9.28. The Labute approximate surface area is 168 Å². The van der Waals surface area contributed by atoms with Gasteiger partial charge in [-0.15, -0.1) is 10.2 Å². The van der Waals surface area contributed by atoms with E-state index in [1.807, 2.05) is 41.3 Å². The van der Waals surface area contributed by atoms with Gasteiger partial charge in [-0.25, -0.2) is 8.42 Å². The van der Waals surface area contributed by atoms with Gasteiger partial charge in [-0.3, -0.25) is 4.98 Å². The van der Waals surface area contributed by atoms with Crippen molar-refractivity contribution in [3.63, 3.8) is 0 Å². The molecule has 3 aromatic rings. The summed E-state index contributed by atoms with van der Waals surface area (Å²) in [7, 11) is -3.52. The normalized spacial score (nSPS) is 15.5. The summed E-state index contributed by atoms with van der Waals surface area (Å²) in [6.07, 6.45) is 2.94. The Morgan fingerprint density at radius 2 is 1.64 bits per heavy atom. The van der Waals surface area contributed by atoms with Crippen molar-refractivity contribution in [2.24, 2.45) is 0 Å². The van der Waals surface area contributed by atoms with Gasteiger partial charge in [0.2, 0.25) is 10.0 Å². The Morgan fingerprint density at radius 3 is 2.25 bits per heavy atom. The van der Waals surface area contributed by atoms with Crippen molar-refractivity contribution < 1.29 is 8.42 Å². The Bertz CT molecular complexity index is 1040. The zero-order valence-corrected chi connectivity index (χ0v) is 16.5. The Balaban J connectivity index is 1.43. The molecule has 0 aliphatic carbocycles. The lowest BCUT2D eigenvalue weighted by molar-refractivity contribution is 0.383. The van der Waals surface area contributed by atoms with Crippen molar-refractivity contribution in [1.29, 1.82) is 0 Å². The van der Waals surface area contributed by atoms with Crippen LogP contribution in [-0.4, -0.2) is 54.1 Å². The van der Waals surface area contributed by atoms with E-state index in [1.54, 1.807) is 18.3 Å². The number of nitrogens with zero attached hydrogens (tertiary/aromatic N) is 5. The van der Waals surface area contributed by atoms with E-state index < -0.39 is 10.0 Å². The molecule has 0 spiro atoms. The van der Waals surface area contributed by atoms with Gasteiger partial charge >= 0.3 is 0 Å². The Morgan fingerprint density at radius 1 is 0.893 bits per heavy atom. The number of sulfonamides is 1. The molecule has 28 heavy (non-hydrogen) atoms. The molecule has 1 saturated heterocycles. The molecule has 0 bridgehead atoms. The molecule has 1 fully saturated rings. The number of anilines is 1. The van der Waals surface area contributed by atoms with E-state index in [2.05, 4.69) is 15.2 Å². The summed E-state index contributed by atoms with van der Waals surface area (Å²) >= 11 is 5.92. The van der Waals surface area contributed by atoms with Crippen LogP contribution in [0.25, 0.3) is 11.3 Å². The van der Waals surface area contributed by atoms with Gasteiger partial charge in [0, 0.05) is 49.2 Å². The third-order valence-electron chi connectivity index (χ3n) is 4.63. The molecule has 7 nitrogen and oxygen atoms in total. The zero-order valence-electron chi connectivity index (χ0n) is 14.9. The fourth-order valence-electron chi connectivity index (χ4n) is 3.07. The molecular formula is C19H18ClN5O2S. The quantitative estimate of drug-likeness (QED) is 0.651. The largest absolute Gasteiger partial charge is 0.352 e. The maximum Gasteiger partial charge on any atom is 0.244 e. The molecule has 2 aromatic heterocycles. The predicted molar refractivity (Wildman–Crippen MR) is 108 cm³/mol. The summed E-state index contributed by atoms with van der Waals surface area (Å²) in [6.45, 7) is 1.87. The highest BCUT2D eigenvalue weighted by molar-refractivity contribution is 7.89. The van der Waals surface area contributed by atoms with E-state index in [0.29, 0.717) is 31.2 Å². The third-order valence-corrected chi connectivity index (χ3v) is 6.76. The van der Waals surface area contributed by atoms with Crippen LogP contribution in [0.3, 0.4) is 0 Å². The first-order chi connectivity index (χ1) is 13.5. The number of pyridine rings is 1. The van der Waals surface area contributed by atoms with E-state index in [4.69, 9.17) is 11.6 Å². The molecular weight excluding hydrogens is 398 g/mol. The maximum atomic E-state index is 12.7. The fourth-order valence-corrected chi connectivity index (χ4v) is 4.59. The molecule has 0 amide bonds. The van der Waals surface area contributed by atoms with Crippen LogP contribution in [0.15, 0.2) is 65.8 Å². The molecule has 4 rings (SSSR count). The van der Waals surface area contributed by atoms with Crippen LogP contribution in [0.5, 0.6) is 0 Å². The fraction of sp³-hybridized carbons (Fsp3) is 0.211. The van der Waals surface area contributed by atoms with Crippen LogP contribution in [0.4, 0.5) is 5.82 Å². The SMILES string of the molecule is O=S(=O)(c1cccnc1)N1CCN(c2ccc(-c3ccc(Cl)cc3)nn2)CC1. The molecule has 0 N–H and O–H groups in total. The molecule has 0 radical (unpaired) electrons. The number of hydrogen-bond acceptors (Lipinski definition) is 6. The van der Waals surface area contributed by atoms with Crippen molar-refractivity contribution in [2.75, 3.05) is 31.1 Å². The number of rotatable bonds is 4. The van der Waals surface area contributed by atoms with Crippen LogP contribution < -0.4 is 4.90 Å². The first kappa shape index (κ1) is 18.8. The minimum Gasteiger partial charge on any atom is -0.352 e. The molecule has 1 aromatic carbocycles. The van der Waals surface area contributed by atoms with Crippen LogP contribution in [-0.2, 0) is 10.0 Å². The maximum absolute atomic E-state index is 12.7. The van der Waals surface area contributed by atoms with Crippen LogP contribution in [0, 0.1) is 0 Å². The van der Waals surface area contributed by atoms with E-state index in [1.165, 1.54) is 10.5 Å². The van der Waals surface area contributed by atoms with Gasteiger partial charge in [0.15, 0.2) is 5.82 Å². The first-order valence-corrected chi connectivity index (χ1v) is 10.6. The van der Waals surface area contributed by atoms with Crippen LogP contribution >= 0.6 is 11.6 Å². The summed E-state index contributed by atoms with van der Waals surface area (Å²) in [5.41, 5.74) is 1.70. The van der Waals surface area contributed by atoms with Gasteiger partial charge in [-0.05, 0) is 36.4 Å². The van der Waals surface area contributed by atoms with Crippen LogP contribution in [0.1, 0.15) is 0 Å². The van der Waals surface area contributed by atoms with E-state index in [9.17, 15) is 8.42 Å². The lowest BCUT2D eigenvalue weighted by atomic mass is 10.1. The topological polar surface area (TPSA) is 79.3 Å². The second-order valence-corrected chi connectivity index (χ2v) is 8.74. The monoisotopic (exact) mass is 415 g/mol. The van der Waals surface area contributed by atoms with E-state index in [0.717, 1.165) is 17.1 Å². The Hall–Kier alpha value is -2.55. The highest BCUT2D eigenvalue weighted by Crippen LogP contribution is 2.22. The number of benzene rings is 1. The summed E-state index contributed by atoms with van der Waals surface area (Å²) in [4.78, 5) is 6.16. The number of hydrogen-bond donors (Lipinski definition) is 0. The molecule has 9 heteroatoms. The zero-order chi connectivity index (χ0) is 19.6. The van der Waals surface area contributed by atoms with Gasteiger partial charge in [0.1, 0.15) is 4.90 Å². The molecule has 0 unspecified atom stereocenters. The van der Waals surface area contributed by atoms with E-state index >= 15 is 0 Å². The van der Waals surface area contributed by atoms with Crippen molar-refractivity contribution in [2.45, 2.75) is 4.90 Å². The van der Waals surface area contributed by atoms with Gasteiger partial charge in [-0.2, -0.15) is 4.31 Å². The van der Waals surface area contributed by atoms with Gasteiger partial charge in [0.25, 0.3) is 0 Å². The molecule has 1 aliphatic heterocycles.